The van der Waals surface area contributed by atoms with Gasteiger partial charge in [0.1, 0.15) is 6.42 Å². The van der Waals surface area contributed by atoms with E-state index in [2.05, 4.69) is 10.6 Å². The van der Waals surface area contributed by atoms with Gasteiger partial charge < -0.3 is 10.6 Å². The Hall–Kier alpha value is -1.57. The van der Waals surface area contributed by atoms with Crippen LogP contribution in [0.25, 0.3) is 0 Å². The summed E-state index contributed by atoms with van der Waals surface area (Å²) in [7, 11) is 0. The third kappa shape index (κ3) is 6.00. The minimum absolute atomic E-state index is 0.0421. The number of hydrogen-bond donors (Lipinski definition) is 2. The maximum atomic E-state index is 11.0. The number of nitriles is 1. The Kier molecular flexibility index (Phi) is 6.12. The molecule has 14 heavy (non-hydrogen) atoms. The van der Waals surface area contributed by atoms with Gasteiger partial charge in [-0.15, -0.1) is 0 Å². The van der Waals surface area contributed by atoms with E-state index in [9.17, 15) is 9.59 Å². The fourth-order valence-corrected chi connectivity index (χ4v) is 0.726. The summed E-state index contributed by atoms with van der Waals surface area (Å²) in [5, 5.41) is 13.3. The zero-order valence-corrected chi connectivity index (χ0v) is 8.46. The van der Waals surface area contributed by atoms with Gasteiger partial charge in [-0.1, -0.05) is 13.8 Å². The smallest absolute Gasteiger partial charge is 0.234 e. The Balaban J connectivity index is 3.43. The lowest BCUT2D eigenvalue weighted by Gasteiger charge is -2.07. The van der Waals surface area contributed by atoms with Crippen LogP contribution in [0.4, 0.5) is 0 Å². The lowest BCUT2D eigenvalue weighted by molar-refractivity contribution is -0.124. The molecule has 0 aliphatic heterocycles. The Morgan fingerprint density at radius 3 is 2.36 bits per heavy atom. The molecular weight excluding hydrogens is 182 g/mol. The number of carbonyl (C=O) groups excluding carboxylic acids is 2. The molecule has 0 aromatic carbocycles. The first-order chi connectivity index (χ1) is 6.57. The van der Waals surface area contributed by atoms with Gasteiger partial charge in [-0.05, 0) is 0 Å². The van der Waals surface area contributed by atoms with Crippen LogP contribution in [0.5, 0.6) is 0 Å². The second-order valence-electron chi connectivity index (χ2n) is 3.13. The Labute approximate surface area is 83.5 Å². The summed E-state index contributed by atoms with van der Waals surface area (Å²) in [6.07, 6.45) is -0.141. The van der Waals surface area contributed by atoms with E-state index in [-0.39, 0.29) is 24.2 Å². The second kappa shape index (κ2) is 6.89. The number of hydrogen-bond acceptors (Lipinski definition) is 3. The molecule has 0 aromatic heterocycles. The van der Waals surface area contributed by atoms with Gasteiger partial charge in [0.2, 0.25) is 11.8 Å². The van der Waals surface area contributed by atoms with Crippen LogP contribution in [0.15, 0.2) is 0 Å². The average Bonchev–Trinajstić information content (AvgIpc) is 2.12. The molecule has 2 amide bonds. The van der Waals surface area contributed by atoms with E-state index in [4.69, 9.17) is 5.26 Å². The van der Waals surface area contributed by atoms with Gasteiger partial charge >= 0.3 is 0 Å². The molecule has 78 valence electrons. The van der Waals surface area contributed by atoms with E-state index >= 15 is 0 Å². The first kappa shape index (κ1) is 12.4. The Morgan fingerprint density at radius 2 is 1.86 bits per heavy atom. The van der Waals surface area contributed by atoms with Crippen molar-refractivity contribution in [1.82, 2.24) is 10.6 Å². The van der Waals surface area contributed by atoms with Gasteiger partial charge in [-0.25, -0.2) is 0 Å². The summed E-state index contributed by atoms with van der Waals surface area (Å²) in [5.74, 6) is -0.407. The van der Waals surface area contributed by atoms with Crippen molar-refractivity contribution in [3.05, 3.63) is 0 Å². The monoisotopic (exact) mass is 197 g/mol. The third-order valence-electron chi connectivity index (χ3n) is 1.51. The SMILES string of the molecule is CC(C)C(=O)NCCNC(=O)CC#N. The molecule has 0 rings (SSSR count). The molecule has 0 fully saturated rings. The molecular formula is C9H15N3O2. The van der Waals surface area contributed by atoms with E-state index in [0.29, 0.717) is 13.1 Å². The lowest BCUT2D eigenvalue weighted by Crippen LogP contribution is -2.36. The Morgan fingerprint density at radius 1 is 1.29 bits per heavy atom. The van der Waals surface area contributed by atoms with Crippen molar-refractivity contribution in [1.29, 1.82) is 5.26 Å². The van der Waals surface area contributed by atoms with E-state index in [1.54, 1.807) is 19.9 Å². The van der Waals surface area contributed by atoms with Crippen molar-refractivity contribution in [2.45, 2.75) is 20.3 Å². The largest absolute Gasteiger partial charge is 0.354 e. The lowest BCUT2D eigenvalue weighted by atomic mass is 10.2. The molecule has 5 nitrogen and oxygen atoms in total. The van der Waals surface area contributed by atoms with Crippen LogP contribution in [0.2, 0.25) is 0 Å². The second-order valence-corrected chi connectivity index (χ2v) is 3.13. The van der Waals surface area contributed by atoms with Crippen molar-refractivity contribution in [2.75, 3.05) is 13.1 Å². The fourth-order valence-electron chi connectivity index (χ4n) is 0.726. The molecule has 0 saturated heterocycles. The zero-order chi connectivity index (χ0) is 11.0. The highest BCUT2D eigenvalue weighted by Gasteiger charge is 2.05. The molecule has 2 N–H and O–H groups in total. The quantitative estimate of drug-likeness (QED) is 0.598. The molecule has 0 radical (unpaired) electrons. The van der Waals surface area contributed by atoms with Crippen molar-refractivity contribution in [2.24, 2.45) is 5.92 Å². The van der Waals surface area contributed by atoms with E-state index < -0.39 is 0 Å². The molecule has 0 aromatic rings. The number of nitrogens with one attached hydrogen (secondary N) is 2. The molecule has 0 bridgehead atoms. The fraction of sp³-hybridized carbons (Fsp3) is 0.667. The predicted molar refractivity (Wildman–Crippen MR) is 51.1 cm³/mol. The Bertz CT molecular complexity index is 243. The van der Waals surface area contributed by atoms with Gasteiger partial charge in [0.15, 0.2) is 0 Å². The highest BCUT2D eigenvalue weighted by Crippen LogP contribution is 1.88. The molecule has 0 saturated carbocycles. The highest BCUT2D eigenvalue weighted by atomic mass is 16.2. The molecule has 0 heterocycles. The van der Waals surface area contributed by atoms with Crippen molar-refractivity contribution < 1.29 is 9.59 Å². The van der Waals surface area contributed by atoms with Crippen molar-refractivity contribution in [3.8, 4) is 6.07 Å². The van der Waals surface area contributed by atoms with Crippen LogP contribution in [0, 0.1) is 17.2 Å². The van der Waals surface area contributed by atoms with Gasteiger partial charge in [-0.3, -0.25) is 9.59 Å². The maximum absolute atomic E-state index is 11.0. The van der Waals surface area contributed by atoms with Crippen molar-refractivity contribution in [3.63, 3.8) is 0 Å². The summed E-state index contributed by atoms with van der Waals surface area (Å²) in [6.45, 7) is 4.35. The minimum atomic E-state index is -0.314. The molecule has 0 aliphatic carbocycles. The van der Waals surface area contributed by atoms with Crippen LogP contribution in [-0.2, 0) is 9.59 Å². The summed E-state index contributed by atoms with van der Waals surface area (Å²) in [6, 6.07) is 1.74. The number of nitrogens with zero attached hydrogens (tertiary/aromatic N) is 1. The number of amides is 2. The predicted octanol–water partition coefficient (Wildman–Crippen LogP) is -0.212. The van der Waals surface area contributed by atoms with E-state index in [0.717, 1.165) is 0 Å². The first-order valence-electron chi connectivity index (χ1n) is 4.49. The summed E-state index contributed by atoms with van der Waals surface area (Å²) in [5.41, 5.74) is 0. The third-order valence-corrected chi connectivity index (χ3v) is 1.51. The van der Waals surface area contributed by atoms with Crippen LogP contribution in [0.1, 0.15) is 20.3 Å². The summed E-state index contributed by atoms with van der Waals surface area (Å²) < 4.78 is 0. The van der Waals surface area contributed by atoms with Crippen LogP contribution < -0.4 is 10.6 Å². The van der Waals surface area contributed by atoms with E-state index in [1.165, 1.54) is 0 Å². The molecule has 0 atom stereocenters. The van der Waals surface area contributed by atoms with Gasteiger partial charge in [-0.2, -0.15) is 5.26 Å². The molecule has 5 heteroatoms. The normalized spacial score (nSPS) is 9.29. The first-order valence-corrected chi connectivity index (χ1v) is 4.49. The van der Waals surface area contributed by atoms with Gasteiger partial charge in [0, 0.05) is 19.0 Å². The van der Waals surface area contributed by atoms with Gasteiger partial charge in [0.05, 0.1) is 6.07 Å². The average molecular weight is 197 g/mol. The standard InChI is InChI=1S/C9H15N3O2/c1-7(2)9(14)12-6-5-11-8(13)3-4-10/h7H,3,5-6H2,1-2H3,(H,11,13)(H,12,14). The van der Waals surface area contributed by atoms with Crippen LogP contribution in [-0.4, -0.2) is 24.9 Å². The van der Waals surface area contributed by atoms with Gasteiger partial charge in [0.25, 0.3) is 0 Å². The van der Waals surface area contributed by atoms with Crippen LogP contribution in [0.3, 0.4) is 0 Å². The van der Waals surface area contributed by atoms with Crippen LogP contribution >= 0.6 is 0 Å². The maximum Gasteiger partial charge on any atom is 0.234 e. The number of carbonyl (C=O) groups is 2. The summed E-state index contributed by atoms with van der Waals surface area (Å²) >= 11 is 0. The molecule has 0 spiro atoms. The highest BCUT2D eigenvalue weighted by molar-refractivity contribution is 5.79. The minimum Gasteiger partial charge on any atom is -0.354 e. The molecule has 0 aliphatic rings. The summed E-state index contributed by atoms with van der Waals surface area (Å²) in [4.78, 5) is 21.8. The molecule has 0 unspecified atom stereocenters. The zero-order valence-electron chi connectivity index (χ0n) is 8.46. The topological polar surface area (TPSA) is 82.0 Å². The van der Waals surface area contributed by atoms with Crippen molar-refractivity contribution >= 4 is 11.8 Å². The number of rotatable bonds is 5. The van der Waals surface area contributed by atoms with E-state index in [1.807, 2.05) is 0 Å².